The third-order valence-electron chi connectivity index (χ3n) is 3.59. The van der Waals surface area contributed by atoms with E-state index in [4.69, 9.17) is 5.73 Å². The van der Waals surface area contributed by atoms with Crippen molar-refractivity contribution in [3.63, 3.8) is 0 Å². The van der Waals surface area contributed by atoms with Gasteiger partial charge in [0.25, 0.3) is 5.91 Å². The van der Waals surface area contributed by atoms with Crippen LogP contribution in [0.25, 0.3) is 0 Å². The van der Waals surface area contributed by atoms with Gasteiger partial charge in [0.15, 0.2) is 5.96 Å². The maximum absolute atomic E-state index is 11.8. The summed E-state index contributed by atoms with van der Waals surface area (Å²) in [7, 11) is 0. The molecule has 0 spiro atoms. The van der Waals surface area contributed by atoms with Crippen LogP contribution in [0.3, 0.4) is 0 Å². The van der Waals surface area contributed by atoms with Gasteiger partial charge in [-0.15, -0.1) is 0 Å². The van der Waals surface area contributed by atoms with Crippen molar-refractivity contribution in [2.45, 2.75) is 26.8 Å². The van der Waals surface area contributed by atoms with Crippen molar-refractivity contribution >= 4 is 17.6 Å². The highest BCUT2D eigenvalue weighted by molar-refractivity contribution is 5.94. The monoisotopic (exact) mass is 324 g/mol. The second-order valence-electron chi connectivity index (χ2n) is 5.44. The van der Waals surface area contributed by atoms with Gasteiger partial charge in [-0.1, -0.05) is 31.2 Å². The number of anilines is 1. The first-order valence-corrected chi connectivity index (χ1v) is 8.15. The van der Waals surface area contributed by atoms with Crippen LogP contribution >= 0.6 is 0 Å². The maximum Gasteiger partial charge on any atom is 0.251 e. The van der Waals surface area contributed by atoms with Crippen molar-refractivity contribution < 1.29 is 4.79 Å². The Morgan fingerprint density at radius 1 is 1.08 bits per heavy atom. The minimum Gasteiger partial charge on any atom is -0.370 e. The van der Waals surface area contributed by atoms with Crippen molar-refractivity contribution in [2.75, 3.05) is 11.9 Å². The summed E-state index contributed by atoms with van der Waals surface area (Å²) in [4.78, 5) is 16.2. The van der Waals surface area contributed by atoms with Crippen LogP contribution in [0.4, 0.5) is 5.69 Å². The summed E-state index contributed by atoms with van der Waals surface area (Å²) in [5.41, 5.74) is 9.68. The van der Waals surface area contributed by atoms with E-state index in [-0.39, 0.29) is 5.91 Å². The molecule has 0 aliphatic heterocycles. The molecule has 0 saturated heterocycles. The molecule has 2 aromatic rings. The summed E-state index contributed by atoms with van der Waals surface area (Å²) >= 11 is 0. The number of carbonyl (C=O) groups is 1. The highest BCUT2D eigenvalue weighted by Gasteiger charge is 2.04. The van der Waals surface area contributed by atoms with Crippen molar-refractivity contribution in [1.82, 2.24) is 5.32 Å². The molecule has 0 saturated carbocycles. The van der Waals surface area contributed by atoms with E-state index in [0.717, 1.165) is 17.7 Å². The fraction of sp³-hybridized carbons (Fsp3) is 0.263. The number of aryl methyl sites for hydroxylation is 1. The first-order chi connectivity index (χ1) is 11.6. The molecular weight excluding hydrogens is 300 g/mol. The van der Waals surface area contributed by atoms with Crippen LogP contribution in [0.1, 0.15) is 35.3 Å². The first-order valence-electron chi connectivity index (χ1n) is 8.15. The molecule has 0 atom stereocenters. The summed E-state index contributed by atoms with van der Waals surface area (Å²) in [5.74, 6) is 0.271. The Balaban J connectivity index is 1.98. The van der Waals surface area contributed by atoms with E-state index in [1.807, 2.05) is 37.3 Å². The maximum atomic E-state index is 11.8. The number of hydrogen-bond acceptors (Lipinski definition) is 2. The van der Waals surface area contributed by atoms with Crippen molar-refractivity contribution in [3.05, 3.63) is 65.2 Å². The number of benzene rings is 2. The number of amides is 1. The predicted molar refractivity (Wildman–Crippen MR) is 99.2 cm³/mol. The highest BCUT2D eigenvalue weighted by atomic mass is 16.1. The molecule has 2 aromatic carbocycles. The Morgan fingerprint density at radius 3 is 2.50 bits per heavy atom. The van der Waals surface area contributed by atoms with Crippen LogP contribution in [0.2, 0.25) is 0 Å². The molecule has 0 radical (unpaired) electrons. The fourth-order valence-electron chi connectivity index (χ4n) is 2.26. The van der Waals surface area contributed by atoms with E-state index in [2.05, 4.69) is 34.7 Å². The third-order valence-corrected chi connectivity index (χ3v) is 3.59. The number of nitrogens with one attached hydrogen (secondary N) is 2. The molecular formula is C19H24N4O. The third kappa shape index (κ3) is 5.12. The van der Waals surface area contributed by atoms with Crippen LogP contribution in [-0.4, -0.2) is 18.4 Å². The molecule has 0 fully saturated rings. The summed E-state index contributed by atoms with van der Waals surface area (Å²) in [6.07, 6.45) is 1.01. The molecule has 0 bridgehead atoms. The Morgan fingerprint density at radius 2 is 1.83 bits per heavy atom. The fourth-order valence-corrected chi connectivity index (χ4v) is 2.26. The number of hydrogen-bond donors (Lipinski definition) is 3. The molecule has 5 nitrogen and oxygen atoms in total. The van der Waals surface area contributed by atoms with Gasteiger partial charge < -0.3 is 16.4 Å². The average molecular weight is 324 g/mol. The summed E-state index contributed by atoms with van der Waals surface area (Å²) in [6, 6.07) is 15.5. The molecule has 5 heteroatoms. The number of nitrogens with two attached hydrogens (primary N) is 1. The van der Waals surface area contributed by atoms with Gasteiger partial charge in [-0.2, -0.15) is 0 Å². The zero-order valence-corrected chi connectivity index (χ0v) is 14.2. The summed E-state index contributed by atoms with van der Waals surface area (Å²) < 4.78 is 0. The number of aliphatic imine (C=N–C) groups is 1. The zero-order valence-electron chi connectivity index (χ0n) is 14.2. The van der Waals surface area contributed by atoms with Gasteiger partial charge in [-0.05, 0) is 48.7 Å². The lowest BCUT2D eigenvalue weighted by Gasteiger charge is -2.07. The second kappa shape index (κ2) is 8.72. The molecule has 24 heavy (non-hydrogen) atoms. The predicted octanol–water partition coefficient (Wildman–Crippen LogP) is 2.93. The van der Waals surface area contributed by atoms with Crippen molar-refractivity contribution in [2.24, 2.45) is 10.7 Å². The molecule has 0 aliphatic rings. The molecule has 1 amide bonds. The van der Waals surface area contributed by atoms with Gasteiger partial charge in [0.05, 0.1) is 6.54 Å². The van der Waals surface area contributed by atoms with Crippen LogP contribution < -0.4 is 16.4 Å². The lowest BCUT2D eigenvalue weighted by atomic mass is 10.1. The van der Waals surface area contributed by atoms with E-state index in [1.165, 1.54) is 5.56 Å². The Hall–Kier alpha value is -2.82. The molecule has 4 N–H and O–H groups in total. The van der Waals surface area contributed by atoms with Crippen LogP contribution in [-0.2, 0) is 13.0 Å². The van der Waals surface area contributed by atoms with Crippen LogP contribution in [0, 0.1) is 0 Å². The molecule has 126 valence electrons. The Labute approximate surface area is 143 Å². The van der Waals surface area contributed by atoms with Gasteiger partial charge >= 0.3 is 0 Å². The van der Waals surface area contributed by atoms with E-state index >= 15 is 0 Å². The average Bonchev–Trinajstić information content (AvgIpc) is 2.61. The van der Waals surface area contributed by atoms with Gasteiger partial charge in [-0.3, -0.25) is 4.79 Å². The van der Waals surface area contributed by atoms with Gasteiger partial charge in [0.1, 0.15) is 0 Å². The van der Waals surface area contributed by atoms with Gasteiger partial charge in [0.2, 0.25) is 0 Å². The molecule has 2 rings (SSSR count). The van der Waals surface area contributed by atoms with E-state index < -0.39 is 0 Å². The first kappa shape index (κ1) is 17.5. The van der Waals surface area contributed by atoms with Crippen LogP contribution in [0.5, 0.6) is 0 Å². The van der Waals surface area contributed by atoms with Gasteiger partial charge in [-0.25, -0.2) is 4.99 Å². The number of nitrogens with zero attached hydrogens (tertiary/aromatic N) is 1. The number of rotatable bonds is 6. The lowest BCUT2D eigenvalue weighted by molar-refractivity contribution is 0.0955. The summed E-state index contributed by atoms with van der Waals surface area (Å²) in [6.45, 7) is 5.03. The number of guanidine groups is 1. The lowest BCUT2D eigenvalue weighted by Crippen LogP contribution is -2.23. The Kier molecular flexibility index (Phi) is 6.37. The smallest absolute Gasteiger partial charge is 0.251 e. The number of carbonyl (C=O) groups excluding carboxylic acids is 1. The zero-order chi connectivity index (χ0) is 17.4. The molecule has 0 aromatic heterocycles. The van der Waals surface area contributed by atoms with E-state index in [0.29, 0.717) is 24.6 Å². The van der Waals surface area contributed by atoms with Gasteiger partial charge in [0, 0.05) is 17.8 Å². The second-order valence-corrected chi connectivity index (χ2v) is 5.44. The molecule has 0 aliphatic carbocycles. The largest absolute Gasteiger partial charge is 0.370 e. The minimum absolute atomic E-state index is 0.0783. The van der Waals surface area contributed by atoms with Crippen molar-refractivity contribution in [3.8, 4) is 0 Å². The normalized spacial score (nSPS) is 11.2. The Bertz CT molecular complexity index is 708. The van der Waals surface area contributed by atoms with E-state index in [9.17, 15) is 4.79 Å². The summed E-state index contributed by atoms with van der Waals surface area (Å²) in [5, 5.41) is 5.85. The quantitative estimate of drug-likeness (QED) is 0.564. The molecule has 0 unspecified atom stereocenters. The molecule has 0 heterocycles. The SMILES string of the molecule is CCNC(=O)c1cccc(CN=C(N)Nc2ccc(CC)cc2)c1. The minimum atomic E-state index is -0.0783. The standard InChI is InChI=1S/C19H24N4O/c1-3-14-8-10-17(11-9-14)23-19(20)22-13-15-6-5-7-16(12-15)18(24)21-4-2/h5-12H,3-4,13H2,1-2H3,(H,21,24)(H3,20,22,23). The van der Waals surface area contributed by atoms with E-state index in [1.54, 1.807) is 6.07 Å². The van der Waals surface area contributed by atoms with Crippen molar-refractivity contribution in [1.29, 1.82) is 0 Å². The highest BCUT2D eigenvalue weighted by Crippen LogP contribution is 2.10. The topological polar surface area (TPSA) is 79.5 Å². The van der Waals surface area contributed by atoms with Crippen LogP contribution in [0.15, 0.2) is 53.5 Å².